The molecule has 0 unspecified atom stereocenters. The van der Waals surface area contributed by atoms with Gasteiger partial charge in [0.15, 0.2) is 0 Å². The van der Waals surface area contributed by atoms with Crippen molar-refractivity contribution < 1.29 is 4.74 Å². The van der Waals surface area contributed by atoms with Crippen molar-refractivity contribution >= 4 is 6.02 Å². The van der Waals surface area contributed by atoms with E-state index < -0.39 is 0 Å². The lowest BCUT2D eigenvalue weighted by Gasteiger charge is -2.15. The van der Waals surface area contributed by atoms with E-state index in [4.69, 9.17) is 10.5 Å². The van der Waals surface area contributed by atoms with E-state index in [1.807, 2.05) is 12.4 Å². The summed E-state index contributed by atoms with van der Waals surface area (Å²) in [6.07, 6.45) is 6.97. The first kappa shape index (κ1) is 11.4. The second-order valence-electron chi connectivity index (χ2n) is 5.39. The number of nitrogens with two attached hydrogens (primary N) is 1. The Morgan fingerprint density at radius 3 is 2.75 bits per heavy atom. The highest BCUT2D eigenvalue weighted by molar-refractivity contribution is 5.75. The minimum atomic E-state index is -0.210. The number of benzene rings is 1. The quantitative estimate of drug-likeness (QED) is 0.845. The molecule has 0 bridgehead atoms. The zero-order valence-corrected chi connectivity index (χ0v) is 10.9. The highest BCUT2D eigenvalue weighted by Gasteiger charge is 2.42. The molecule has 2 N–H and O–H groups in total. The van der Waals surface area contributed by atoms with Crippen LogP contribution >= 0.6 is 0 Å². The van der Waals surface area contributed by atoms with E-state index in [-0.39, 0.29) is 5.54 Å². The SMILES string of the molecule is NC1=N[C@]2(CO1)Cc1cccc(-c3cncnc3)c1C2. The molecule has 5 nitrogen and oxygen atoms in total. The van der Waals surface area contributed by atoms with Crippen molar-refractivity contribution in [1.29, 1.82) is 0 Å². The first-order valence-electron chi connectivity index (χ1n) is 6.60. The Kier molecular flexibility index (Phi) is 2.30. The molecule has 100 valence electrons. The average Bonchev–Trinajstić information content (AvgIpc) is 3.01. The number of amidine groups is 1. The molecular formula is C15H14N4O. The van der Waals surface area contributed by atoms with Crippen molar-refractivity contribution in [2.75, 3.05) is 6.61 Å². The predicted octanol–water partition coefficient (Wildman–Crippen LogP) is 1.33. The van der Waals surface area contributed by atoms with Crippen LogP contribution in [0.2, 0.25) is 0 Å². The van der Waals surface area contributed by atoms with Crippen LogP contribution in [-0.2, 0) is 17.6 Å². The summed E-state index contributed by atoms with van der Waals surface area (Å²) in [6, 6.07) is 6.64. The molecule has 0 saturated carbocycles. The Bertz CT molecular complexity index is 698. The minimum absolute atomic E-state index is 0.210. The first-order chi connectivity index (χ1) is 9.76. The van der Waals surface area contributed by atoms with Crippen molar-refractivity contribution in [2.45, 2.75) is 18.4 Å². The first-order valence-corrected chi connectivity index (χ1v) is 6.60. The Balaban J connectivity index is 1.80. The van der Waals surface area contributed by atoms with Crippen LogP contribution in [0.3, 0.4) is 0 Å². The van der Waals surface area contributed by atoms with Crippen molar-refractivity contribution in [3.8, 4) is 11.1 Å². The summed E-state index contributed by atoms with van der Waals surface area (Å²) in [5.41, 5.74) is 10.3. The van der Waals surface area contributed by atoms with E-state index in [9.17, 15) is 0 Å². The summed E-state index contributed by atoms with van der Waals surface area (Å²) in [5, 5.41) is 0. The number of aliphatic imine (C=N–C) groups is 1. The highest BCUT2D eigenvalue weighted by atomic mass is 16.5. The number of nitrogens with zero attached hydrogens (tertiary/aromatic N) is 3. The molecular weight excluding hydrogens is 252 g/mol. The van der Waals surface area contributed by atoms with Crippen LogP contribution in [0.5, 0.6) is 0 Å². The normalized spacial score (nSPS) is 23.5. The van der Waals surface area contributed by atoms with Gasteiger partial charge in [0.2, 0.25) is 0 Å². The molecule has 1 spiro atoms. The van der Waals surface area contributed by atoms with E-state index >= 15 is 0 Å². The van der Waals surface area contributed by atoms with E-state index in [0.29, 0.717) is 12.6 Å². The van der Waals surface area contributed by atoms with E-state index in [2.05, 4.69) is 33.2 Å². The number of aromatic nitrogens is 2. The fourth-order valence-electron chi connectivity index (χ4n) is 3.15. The Hall–Kier alpha value is -2.43. The summed E-state index contributed by atoms with van der Waals surface area (Å²) >= 11 is 0. The van der Waals surface area contributed by atoms with Gasteiger partial charge in [0.05, 0.1) is 0 Å². The van der Waals surface area contributed by atoms with E-state index in [0.717, 1.165) is 18.4 Å². The van der Waals surface area contributed by atoms with Crippen LogP contribution in [0.1, 0.15) is 11.1 Å². The van der Waals surface area contributed by atoms with Crippen LogP contribution in [-0.4, -0.2) is 28.1 Å². The van der Waals surface area contributed by atoms with Gasteiger partial charge in [-0.3, -0.25) is 0 Å². The van der Waals surface area contributed by atoms with Gasteiger partial charge in [0, 0.05) is 30.8 Å². The fourth-order valence-corrected chi connectivity index (χ4v) is 3.15. The topological polar surface area (TPSA) is 73.4 Å². The molecule has 4 rings (SSSR count). The summed E-state index contributed by atoms with van der Waals surface area (Å²) in [4.78, 5) is 12.7. The zero-order valence-electron chi connectivity index (χ0n) is 10.9. The molecule has 1 aromatic heterocycles. The lowest BCUT2D eigenvalue weighted by molar-refractivity contribution is 0.258. The molecule has 1 aliphatic carbocycles. The highest BCUT2D eigenvalue weighted by Crippen LogP contribution is 2.40. The van der Waals surface area contributed by atoms with Gasteiger partial charge in [-0.1, -0.05) is 18.2 Å². The molecule has 2 aliphatic rings. The largest absolute Gasteiger partial charge is 0.463 e. The zero-order chi connectivity index (χ0) is 13.6. The smallest absolute Gasteiger partial charge is 0.282 e. The number of hydrogen-bond acceptors (Lipinski definition) is 5. The third-order valence-corrected chi connectivity index (χ3v) is 4.01. The molecule has 0 radical (unpaired) electrons. The number of hydrogen-bond donors (Lipinski definition) is 1. The Morgan fingerprint density at radius 1 is 1.15 bits per heavy atom. The van der Waals surface area contributed by atoms with Gasteiger partial charge in [-0.15, -0.1) is 0 Å². The summed E-state index contributed by atoms with van der Waals surface area (Å²) in [7, 11) is 0. The maximum absolute atomic E-state index is 5.68. The summed E-state index contributed by atoms with van der Waals surface area (Å²) < 4.78 is 5.37. The molecule has 0 fully saturated rings. The summed E-state index contributed by atoms with van der Waals surface area (Å²) in [6.45, 7) is 0.568. The van der Waals surface area contributed by atoms with Crippen molar-refractivity contribution in [2.24, 2.45) is 10.7 Å². The van der Waals surface area contributed by atoms with Crippen molar-refractivity contribution in [3.63, 3.8) is 0 Å². The Labute approximate surface area is 116 Å². The molecule has 1 aliphatic heterocycles. The molecule has 5 heteroatoms. The monoisotopic (exact) mass is 266 g/mol. The minimum Gasteiger partial charge on any atom is -0.463 e. The Morgan fingerprint density at radius 2 is 2.00 bits per heavy atom. The van der Waals surface area contributed by atoms with Crippen LogP contribution < -0.4 is 5.73 Å². The predicted molar refractivity (Wildman–Crippen MR) is 75.2 cm³/mol. The maximum atomic E-state index is 5.68. The number of ether oxygens (including phenoxy) is 1. The second kappa shape index (κ2) is 4.03. The van der Waals surface area contributed by atoms with Crippen LogP contribution in [0, 0.1) is 0 Å². The summed E-state index contributed by atoms with van der Waals surface area (Å²) in [5.74, 6) is 0. The third-order valence-electron chi connectivity index (χ3n) is 4.01. The van der Waals surface area contributed by atoms with Gasteiger partial charge in [0.25, 0.3) is 6.02 Å². The number of fused-ring (bicyclic) bond motifs is 1. The van der Waals surface area contributed by atoms with Crippen molar-refractivity contribution in [3.05, 3.63) is 48.0 Å². The maximum Gasteiger partial charge on any atom is 0.282 e. The van der Waals surface area contributed by atoms with Gasteiger partial charge in [-0.05, 0) is 16.7 Å². The van der Waals surface area contributed by atoms with Gasteiger partial charge >= 0.3 is 0 Å². The van der Waals surface area contributed by atoms with Gasteiger partial charge in [-0.25, -0.2) is 15.0 Å². The van der Waals surface area contributed by atoms with E-state index in [1.165, 1.54) is 16.7 Å². The fraction of sp³-hybridized carbons (Fsp3) is 0.267. The number of rotatable bonds is 1. The molecule has 0 saturated heterocycles. The second-order valence-corrected chi connectivity index (χ2v) is 5.39. The van der Waals surface area contributed by atoms with Gasteiger partial charge < -0.3 is 10.5 Å². The van der Waals surface area contributed by atoms with Gasteiger partial charge in [-0.2, -0.15) is 0 Å². The van der Waals surface area contributed by atoms with Crippen LogP contribution in [0.25, 0.3) is 11.1 Å². The standard InChI is InChI=1S/C15H14N4O/c16-14-19-15(8-20-14)4-10-2-1-3-12(13(10)5-15)11-6-17-9-18-7-11/h1-3,6-7,9H,4-5,8H2,(H2,16,19)/t15-/m1/s1. The lowest BCUT2D eigenvalue weighted by Crippen LogP contribution is -2.28. The molecule has 1 atom stereocenters. The molecule has 1 aromatic carbocycles. The molecule has 20 heavy (non-hydrogen) atoms. The molecule has 2 aromatic rings. The van der Waals surface area contributed by atoms with Crippen LogP contribution in [0.4, 0.5) is 0 Å². The molecule has 2 heterocycles. The lowest BCUT2D eigenvalue weighted by atomic mass is 9.96. The van der Waals surface area contributed by atoms with E-state index in [1.54, 1.807) is 6.33 Å². The third kappa shape index (κ3) is 1.66. The van der Waals surface area contributed by atoms with Gasteiger partial charge in [0.1, 0.15) is 18.5 Å². The average molecular weight is 266 g/mol. The van der Waals surface area contributed by atoms with Crippen LogP contribution in [0.15, 0.2) is 41.9 Å². The van der Waals surface area contributed by atoms with Crippen molar-refractivity contribution in [1.82, 2.24) is 9.97 Å². The molecule has 0 amide bonds.